The van der Waals surface area contributed by atoms with E-state index in [-0.39, 0.29) is 10.8 Å². The Hall–Kier alpha value is -2.26. The van der Waals surface area contributed by atoms with Crippen molar-refractivity contribution in [3.8, 4) is 0 Å². The SMILES string of the molecule is C[C@H](NCc1ccccc1CN1CCCC1)C(=O)Nc1ccc(S(=O)(=O)N2CCCC2)cc1. The summed E-state index contributed by atoms with van der Waals surface area (Å²) in [5.41, 5.74) is 3.10. The molecule has 178 valence electrons. The molecule has 2 saturated heterocycles. The molecule has 33 heavy (non-hydrogen) atoms. The molecule has 4 rings (SSSR count). The van der Waals surface area contributed by atoms with E-state index in [2.05, 4.69) is 33.7 Å². The van der Waals surface area contributed by atoms with Crippen molar-refractivity contribution in [3.63, 3.8) is 0 Å². The van der Waals surface area contributed by atoms with Crippen LogP contribution in [0.4, 0.5) is 5.69 Å². The molecule has 0 saturated carbocycles. The smallest absolute Gasteiger partial charge is 0.243 e. The minimum atomic E-state index is -3.45. The number of nitrogens with zero attached hydrogens (tertiary/aromatic N) is 2. The van der Waals surface area contributed by atoms with Gasteiger partial charge in [-0.15, -0.1) is 0 Å². The van der Waals surface area contributed by atoms with Crippen molar-refractivity contribution >= 4 is 21.6 Å². The molecule has 0 unspecified atom stereocenters. The Labute approximate surface area is 197 Å². The third kappa shape index (κ3) is 6.00. The largest absolute Gasteiger partial charge is 0.325 e. The van der Waals surface area contributed by atoms with Crippen molar-refractivity contribution in [2.75, 3.05) is 31.5 Å². The summed E-state index contributed by atoms with van der Waals surface area (Å²) < 4.78 is 26.8. The average molecular weight is 471 g/mol. The number of carbonyl (C=O) groups excluding carboxylic acids is 1. The maximum Gasteiger partial charge on any atom is 0.243 e. The first-order chi connectivity index (χ1) is 15.9. The highest BCUT2D eigenvalue weighted by Gasteiger charge is 2.27. The van der Waals surface area contributed by atoms with Crippen LogP contribution in [0, 0.1) is 0 Å². The van der Waals surface area contributed by atoms with Crippen molar-refractivity contribution in [2.45, 2.75) is 56.6 Å². The van der Waals surface area contributed by atoms with Gasteiger partial charge < -0.3 is 10.6 Å². The van der Waals surface area contributed by atoms with Gasteiger partial charge in [0.05, 0.1) is 10.9 Å². The zero-order valence-corrected chi connectivity index (χ0v) is 20.1. The fourth-order valence-electron chi connectivity index (χ4n) is 4.46. The number of anilines is 1. The fourth-order valence-corrected chi connectivity index (χ4v) is 5.98. The summed E-state index contributed by atoms with van der Waals surface area (Å²) in [4.78, 5) is 15.4. The van der Waals surface area contributed by atoms with Crippen LogP contribution in [0.1, 0.15) is 43.7 Å². The highest BCUT2D eigenvalue weighted by molar-refractivity contribution is 7.89. The number of amides is 1. The Morgan fingerprint density at radius 3 is 2.18 bits per heavy atom. The molecule has 2 aromatic carbocycles. The molecule has 8 heteroatoms. The van der Waals surface area contributed by atoms with Crippen LogP contribution in [0.2, 0.25) is 0 Å². The van der Waals surface area contributed by atoms with Crippen molar-refractivity contribution in [2.24, 2.45) is 0 Å². The summed E-state index contributed by atoms with van der Waals surface area (Å²) in [5, 5.41) is 6.21. The second-order valence-corrected chi connectivity index (χ2v) is 10.9. The Balaban J connectivity index is 1.31. The van der Waals surface area contributed by atoms with Crippen molar-refractivity contribution in [1.29, 1.82) is 0 Å². The molecule has 1 atom stereocenters. The van der Waals surface area contributed by atoms with E-state index < -0.39 is 16.1 Å². The molecule has 2 N–H and O–H groups in total. The molecule has 2 heterocycles. The maximum absolute atomic E-state index is 12.7. The lowest BCUT2D eigenvalue weighted by molar-refractivity contribution is -0.117. The molecule has 0 radical (unpaired) electrons. The fraction of sp³-hybridized carbons (Fsp3) is 0.480. The Kier molecular flexibility index (Phi) is 7.80. The number of carbonyl (C=O) groups is 1. The number of hydrogen-bond donors (Lipinski definition) is 2. The number of hydrogen-bond acceptors (Lipinski definition) is 5. The summed E-state index contributed by atoms with van der Waals surface area (Å²) >= 11 is 0. The summed E-state index contributed by atoms with van der Waals surface area (Å²) in [5.74, 6) is -0.151. The highest BCUT2D eigenvalue weighted by Crippen LogP contribution is 2.22. The van der Waals surface area contributed by atoms with Gasteiger partial charge in [0.25, 0.3) is 0 Å². The number of sulfonamides is 1. The lowest BCUT2D eigenvalue weighted by atomic mass is 10.1. The molecule has 2 aliphatic rings. The van der Waals surface area contributed by atoms with Gasteiger partial charge in [0.15, 0.2) is 0 Å². The standard InChI is InChI=1S/C25H34N4O3S/c1-20(26-18-21-8-2-3-9-22(21)19-28-14-4-5-15-28)25(30)27-23-10-12-24(13-11-23)33(31,32)29-16-6-7-17-29/h2-3,8-13,20,26H,4-7,14-19H2,1H3,(H,27,30)/t20-/m0/s1. The van der Waals surface area contributed by atoms with E-state index in [0.29, 0.717) is 25.3 Å². The van der Waals surface area contributed by atoms with Crippen LogP contribution >= 0.6 is 0 Å². The summed E-state index contributed by atoms with van der Waals surface area (Å²) in [6.07, 6.45) is 4.34. The molecule has 7 nitrogen and oxygen atoms in total. The van der Waals surface area contributed by atoms with E-state index in [9.17, 15) is 13.2 Å². The van der Waals surface area contributed by atoms with E-state index in [1.807, 2.05) is 13.0 Å². The van der Waals surface area contributed by atoms with Gasteiger partial charge in [0.1, 0.15) is 0 Å². The second kappa shape index (κ2) is 10.8. The first kappa shape index (κ1) is 23.9. The van der Waals surface area contributed by atoms with Crippen LogP contribution < -0.4 is 10.6 Å². The summed E-state index contributed by atoms with van der Waals surface area (Å²) in [6, 6.07) is 14.4. The normalized spacial score (nSPS) is 18.5. The van der Waals surface area contributed by atoms with Gasteiger partial charge >= 0.3 is 0 Å². The van der Waals surface area contributed by atoms with E-state index in [1.165, 1.54) is 28.3 Å². The van der Waals surface area contributed by atoms with Gasteiger partial charge in [-0.3, -0.25) is 9.69 Å². The summed E-state index contributed by atoms with van der Waals surface area (Å²) in [6.45, 7) is 6.86. The molecule has 0 aliphatic carbocycles. The number of nitrogens with one attached hydrogen (secondary N) is 2. The van der Waals surface area contributed by atoms with Gasteiger partial charge in [-0.2, -0.15) is 4.31 Å². The Bertz CT molecular complexity index is 1040. The van der Waals surface area contributed by atoms with Gasteiger partial charge in [-0.1, -0.05) is 24.3 Å². The number of rotatable bonds is 9. The summed E-state index contributed by atoms with van der Waals surface area (Å²) in [7, 11) is -3.45. The molecule has 0 aromatic heterocycles. The quantitative estimate of drug-likeness (QED) is 0.588. The molecule has 2 aromatic rings. The topological polar surface area (TPSA) is 81.8 Å². The molecule has 0 spiro atoms. The van der Waals surface area contributed by atoms with Crippen LogP contribution in [0.3, 0.4) is 0 Å². The Morgan fingerprint density at radius 2 is 1.52 bits per heavy atom. The molecular formula is C25H34N4O3S. The van der Waals surface area contributed by atoms with Crippen LogP contribution in [-0.2, 0) is 27.9 Å². The average Bonchev–Trinajstić information content (AvgIpc) is 3.53. The number of likely N-dealkylation sites (tertiary alicyclic amines) is 1. The second-order valence-electron chi connectivity index (χ2n) is 8.98. The van der Waals surface area contributed by atoms with Gasteiger partial charge in [0.2, 0.25) is 15.9 Å². The van der Waals surface area contributed by atoms with Crippen LogP contribution in [-0.4, -0.2) is 55.8 Å². The van der Waals surface area contributed by atoms with Crippen molar-refractivity contribution in [3.05, 3.63) is 59.7 Å². The third-order valence-corrected chi connectivity index (χ3v) is 8.44. The minimum absolute atomic E-state index is 0.151. The molecule has 0 bridgehead atoms. The lowest BCUT2D eigenvalue weighted by Crippen LogP contribution is -2.38. The zero-order chi connectivity index (χ0) is 23.3. The molecule has 2 fully saturated rings. The minimum Gasteiger partial charge on any atom is -0.325 e. The zero-order valence-electron chi connectivity index (χ0n) is 19.3. The lowest BCUT2D eigenvalue weighted by Gasteiger charge is -2.19. The molecular weight excluding hydrogens is 436 g/mol. The third-order valence-electron chi connectivity index (χ3n) is 6.53. The monoisotopic (exact) mass is 470 g/mol. The van der Waals surface area contributed by atoms with E-state index in [1.54, 1.807) is 24.3 Å². The highest BCUT2D eigenvalue weighted by atomic mass is 32.2. The Morgan fingerprint density at radius 1 is 0.909 bits per heavy atom. The van der Waals surface area contributed by atoms with Crippen LogP contribution in [0.5, 0.6) is 0 Å². The van der Waals surface area contributed by atoms with Crippen molar-refractivity contribution in [1.82, 2.24) is 14.5 Å². The maximum atomic E-state index is 12.7. The van der Waals surface area contributed by atoms with Gasteiger partial charge in [-0.05, 0) is 81.1 Å². The number of benzene rings is 2. The van der Waals surface area contributed by atoms with Gasteiger partial charge in [0, 0.05) is 31.9 Å². The molecule has 2 aliphatic heterocycles. The van der Waals surface area contributed by atoms with Crippen molar-refractivity contribution < 1.29 is 13.2 Å². The molecule has 1 amide bonds. The predicted octanol–water partition coefficient (Wildman–Crippen LogP) is 3.18. The van der Waals surface area contributed by atoms with E-state index >= 15 is 0 Å². The predicted molar refractivity (Wildman–Crippen MR) is 130 cm³/mol. The van der Waals surface area contributed by atoms with E-state index in [4.69, 9.17) is 0 Å². The van der Waals surface area contributed by atoms with Crippen LogP contribution in [0.25, 0.3) is 0 Å². The van der Waals surface area contributed by atoms with Crippen LogP contribution in [0.15, 0.2) is 53.4 Å². The van der Waals surface area contributed by atoms with Gasteiger partial charge in [-0.25, -0.2) is 8.42 Å². The first-order valence-corrected chi connectivity index (χ1v) is 13.3. The van der Waals surface area contributed by atoms with E-state index in [0.717, 1.165) is 32.5 Å². The first-order valence-electron chi connectivity index (χ1n) is 11.9.